The molecule has 0 saturated heterocycles. The van der Waals surface area contributed by atoms with Crippen LogP contribution in [-0.4, -0.2) is 15.9 Å². The largest absolute Gasteiger partial charge is 0.362 e. The maximum absolute atomic E-state index is 11.0. The number of nitrogens with one attached hydrogen (secondary N) is 1. The molecule has 1 heterocycles. The van der Waals surface area contributed by atoms with Crippen molar-refractivity contribution in [2.45, 2.75) is 45.1 Å². The van der Waals surface area contributed by atoms with Crippen LogP contribution < -0.4 is 5.32 Å². The van der Waals surface area contributed by atoms with E-state index in [9.17, 15) is 10.1 Å². The molecule has 0 unspecified atom stereocenters. The van der Waals surface area contributed by atoms with Crippen LogP contribution >= 0.6 is 11.6 Å². The number of anilines is 1. The van der Waals surface area contributed by atoms with Crippen molar-refractivity contribution in [1.82, 2.24) is 4.98 Å². The number of nitrogens with zero attached hydrogens (tertiary/aromatic N) is 2. The van der Waals surface area contributed by atoms with Gasteiger partial charge in [0.25, 0.3) is 0 Å². The first-order chi connectivity index (χ1) is 9.10. The Morgan fingerprint density at radius 1 is 1.47 bits per heavy atom. The monoisotopic (exact) mass is 283 g/mol. The molecule has 1 N–H and O–H groups in total. The summed E-state index contributed by atoms with van der Waals surface area (Å²) in [4.78, 5) is 14.6. The molecule has 1 fully saturated rings. The molecule has 104 valence electrons. The third-order valence-corrected chi connectivity index (χ3v) is 4.00. The number of rotatable bonds is 4. The van der Waals surface area contributed by atoms with Crippen LogP contribution in [0.5, 0.6) is 0 Å². The van der Waals surface area contributed by atoms with Gasteiger partial charge in [0.2, 0.25) is 5.82 Å². The number of halogens is 1. The molecule has 0 spiro atoms. The molecule has 0 radical (unpaired) electrons. The fourth-order valence-corrected chi connectivity index (χ4v) is 2.74. The molecule has 0 amide bonds. The van der Waals surface area contributed by atoms with E-state index in [0.29, 0.717) is 5.82 Å². The molecule has 1 aliphatic rings. The summed E-state index contributed by atoms with van der Waals surface area (Å²) >= 11 is 5.75. The van der Waals surface area contributed by atoms with Crippen LogP contribution in [0.1, 0.15) is 39.0 Å². The Morgan fingerprint density at radius 2 is 2.16 bits per heavy atom. The second kappa shape index (κ2) is 6.19. The Labute approximate surface area is 117 Å². The molecular formula is C13H18ClN3O2. The molecular weight excluding hydrogens is 266 g/mol. The summed E-state index contributed by atoms with van der Waals surface area (Å²) in [5.41, 5.74) is -0.0508. The smallest absolute Gasteiger partial charge is 0.312 e. The van der Waals surface area contributed by atoms with Gasteiger partial charge in [0, 0.05) is 18.3 Å². The van der Waals surface area contributed by atoms with E-state index < -0.39 is 4.92 Å². The van der Waals surface area contributed by atoms with Crippen LogP contribution in [0.3, 0.4) is 0 Å². The van der Waals surface area contributed by atoms with E-state index in [4.69, 9.17) is 11.6 Å². The molecule has 5 nitrogen and oxygen atoms in total. The van der Waals surface area contributed by atoms with E-state index in [0.717, 1.165) is 18.8 Å². The third kappa shape index (κ3) is 3.56. The Hall–Kier alpha value is -1.36. The van der Waals surface area contributed by atoms with E-state index in [1.807, 2.05) is 0 Å². The minimum atomic E-state index is -0.446. The van der Waals surface area contributed by atoms with Gasteiger partial charge in [-0.2, -0.15) is 0 Å². The first-order valence-corrected chi connectivity index (χ1v) is 7.04. The van der Waals surface area contributed by atoms with Gasteiger partial charge in [-0.25, -0.2) is 4.98 Å². The van der Waals surface area contributed by atoms with Gasteiger partial charge in [-0.1, -0.05) is 24.9 Å². The van der Waals surface area contributed by atoms with Crippen LogP contribution in [-0.2, 0) is 0 Å². The molecule has 6 heteroatoms. The van der Waals surface area contributed by atoms with E-state index in [2.05, 4.69) is 17.2 Å². The molecule has 1 saturated carbocycles. The van der Waals surface area contributed by atoms with Crippen molar-refractivity contribution < 1.29 is 4.92 Å². The van der Waals surface area contributed by atoms with Gasteiger partial charge in [-0.15, -0.1) is 0 Å². The molecule has 0 aromatic carbocycles. The predicted molar refractivity (Wildman–Crippen MR) is 75.6 cm³/mol. The summed E-state index contributed by atoms with van der Waals surface area (Å²) in [6, 6.07) is 1.62. The summed E-state index contributed by atoms with van der Waals surface area (Å²) < 4.78 is 0. The van der Waals surface area contributed by atoms with Crippen molar-refractivity contribution in [3.05, 3.63) is 27.4 Å². The molecule has 2 rings (SSSR count). The molecule has 1 aliphatic carbocycles. The first kappa shape index (κ1) is 14.1. The zero-order chi connectivity index (χ0) is 13.8. The van der Waals surface area contributed by atoms with Crippen LogP contribution in [0.2, 0.25) is 5.02 Å². The van der Waals surface area contributed by atoms with Crippen molar-refractivity contribution >= 4 is 23.1 Å². The highest BCUT2D eigenvalue weighted by atomic mass is 35.5. The standard InChI is InChI=1S/C13H18ClN3O2/c1-2-9-3-5-11(6-4-9)16-13-12(17(18)19)7-10(14)8-15-13/h7-9,11H,2-6H2,1H3,(H,15,16). The average molecular weight is 284 g/mol. The minimum absolute atomic E-state index is 0.0508. The lowest BCUT2D eigenvalue weighted by Crippen LogP contribution is -2.26. The zero-order valence-electron chi connectivity index (χ0n) is 10.9. The van der Waals surface area contributed by atoms with Gasteiger partial charge in [0.1, 0.15) is 0 Å². The van der Waals surface area contributed by atoms with Gasteiger partial charge in [0.05, 0.1) is 9.95 Å². The maximum atomic E-state index is 11.0. The lowest BCUT2D eigenvalue weighted by Gasteiger charge is -2.28. The van der Waals surface area contributed by atoms with Crippen LogP contribution in [0.4, 0.5) is 11.5 Å². The van der Waals surface area contributed by atoms with Crippen molar-refractivity contribution in [3.63, 3.8) is 0 Å². The summed E-state index contributed by atoms with van der Waals surface area (Å²) in [6.45, 7) is 2.21. The summed E-state index contributed by atoms with van der Waals surface area (Å²) in [7, 11) is 0. The normalized spacial score (nSPS) is 23.1. The van der Waals surface area contributed by atoms with Gasteiger partial charge in [-0.3, -0.25) is 10.1 Å². The first-order valence-electron chi connectivity index (χ1n) is 6.66. The summed E-state index contributed by atoms with van der Waals surface area (Å²) in [5, 5.41) is 14.5. The molecule has 1 aromatic heterocycles. The maximum Gasteiger partial charge on any atom is 0.312 e. The van der Waals surface area contributed by atoms with Crippen LogP contribution in [0.25, 0.3) is 0 Å². The van der Waals surface area contributed by atoms with Crippen LogP contribution in [0.15, 0.2) is 12.3 Å². The van der Waals surface area contributed by atoms with Crippen LogP contribution in [0, 0.1) is 16.0 Å². The average Bonchev–Trinajstić information content (AvgIpc) is 2.41. The summed E-state index contributed by atoms with van der Waals surface area (Å²) in [6.07, 6.45) is 7.09. The third-order valence-electron chi connectivity index (χ3n) is 3.80. The van der Waals surface area contributed by atoms with Gasteiger partial charge < -0.3 is 5.32 Å². The fourth-order valence-electron chi connectivity index (χ4n) is 2.59. The van der Waals surface area contributed by atoms with Crippen molar-refractivity contribution in [1.29, 1.82) is 0 Å². The quantitative estimate of drug-likeness (QED) is 0.669. The van der Waals surface area contributed by atoms with Gasteiger partial charge >= 0.3 is 5.69 Å². The lowest BCUT2D eigenvalue weighted by atomic mass is 9.84. The van der Waals surface area contributed by atoms with E-state index in [1.165, 1.54) is 31.5 Å². The van der Waals surface area contributed by atoms with Crippen molar-refractivity contribution in [2.24, 2.45) is 5.92 Å². The molecule has 0 bridgehead atoms. The Balaban J connectivity index is 2.05. The second-order valence-corrected chi connectivity index (χ2v) is 5.49. The number of hydrogen-bond donors (Lipinski definition) is 1. The highest BCUT2D eigenvalue weighted by Crippen LogP contribution is 2.31. The predicted octanol–water partition coefficient (Wildman–Crippen LogP) is 4.02. The molecule has 1 aromatic rings. The minimum Gasteiger partial charge on any atom is -0.362 e. The number of hydrogen-bond acceptors (Lipinski definition) is 4. The van der Waals surface area contributed by atoms with E-state index in [-0.39, 0.29) is 16.8 Å². The zero-order valence-corrected chi connectivity index (χ0v) is 11.7. The van der Waals surface area contributed by atoms with Gasteiger partial charge in [0.15, 0.2) is 0 Å². The molecule has 19 heavy (non-hydrogen) atoms. The highest BCUT2D eigenvalue weighted by Gasteiger charge is 2.23. The van der Waals surface area contributed by atoms with Crippen molar-refractivity contribution in [3.8, 4) is 0 Å². The number of pyridine rings is 1. The Morgan fingerprint density at radius 3 is 2.74 bits per heavy atom. The highest BCUT2D eigenvalue weighted by molar-refractivity contribution is 6.30. The van der Waals surface area contributed by atoms with Gasteiger partial charge in [-0.05, 0) is 31.6 Å². The Kier molecular flexibility index (Phi) is 4.58. The SMILES string of the molecule is CCC1CCC(Nc2ncc(Cl)cc2[N+](=O)[O-])CC1. The van der Waals surface area contributed by atoms with E-state index in [1.54, 1.807) is 0 Å². The second-order valence-electron chi connectivity index (χ2n) is 5.05. The molecule has 0 aliphatic heterocycles. The number of nitro groups is 1. The van der Waals surface area contributed by atoms with Crippen molar-refractivity contribution in [2.75, 3.05) is 5.32 Å². The molecule has 0 atom stereocenters. The fraction of sp³-hybridized carbons (Fsp3) is 0.615. The topological polar surface area (TPSA) is 68.1 Å². The lowest BCUT2D eigenvalue weighted by molar-refractivity contribution is -0.384. The Bertz CT molecular complexity index is 459. The summed E-state index contributed by atoms with van der Waals surface area (Å²) in [5.74, 6) is 1.13. The van der Waals surface area contributed by atoms with E-state index >= 15 is 0 Å². The number of aromatic nitrogens is 1.